The van der Waals surface area contributed by atoms with E-state index in [1.807, 2.05) is 18.3 Å². The molecule has 2 nitrogen and oxygen atoms in total. The van der Waals surface area contributed by atoms with Crippen LogP contribution in [0.1, 0.15) is 77.8 Å². The van der Waals surface area contributed by atoms with Crippen molar-refractivity contribution in [1.29, 1.82) is 0 Å². The van der Waals surface area contributed by atoms with Crippen LogP contribution < -0.4 is 0 Å². The number of aromatic hydroxyl groups is 1. The lowest BCUT2D eigenvalue weighted by Crippen LogP contribution is -2.30. The highest BCUT2D eigenvalue weighted by Crippen LogP contribution is 2.46. The number of aliphatic imine (C=N–C) groups is 1. The van der Waals surface area contributed by atoms with E-state index in [2.05, 4.69) is 204 Å². The van der Waals surface area contributed by atoms with Gasteiger partial charge in [0.15, 0.2) is 0 Å². The van der Waals surface area contributed by atoms with Crippen LogP contribution in [0.3, 0.4) is 0 Å². The minimum absolute atomic E-state index is 0.256. The summed E-state index contributed by atoms with van der Waals surface area (Å²) < 4.78 is 0. The lowest BCUT2D eigenvalue weighted by Gasteiger charge is -2.36. The van der Waals surface area contributed by atoms with Gasteiger partial charge in [0.1, 0.15) is 5.75 Å². The molecular weight excluding hydrogens is 631 g/mol. The van der Waals surface area contributed by atoms with E-state index in [-0.39, 0.29) is 11.2 Å². The molecule has 52 heavy (non-hydrogen) atoms. The number of hydrogen-bond acceptors (Lipinski definition) is 2. The fourth-order valence-corrected chi connectivity index (χ4v) is 7.81. The van der Waals surface area contributed by atoms with E-state index >= 15 is 0 Å². The Morgan fingerprint density at radius 2 is 0.712 bits per heavy atom. The molecule has 0 amide bonds. The predicted octanol–water partition coefficient (Wildman–Crippen LogP) is 12.2. The van der Waals surface area contributed by atoms with Crippen LogP contribution in [0.2, 0.25) is 0 Å². The molecule has 7 rings (SSSR count). The van der Waals surface area contributed by atoms with Gasteiger partial charge in [-0.25, -0.2) is 0 Å². The van der Waals surface area contributed by atoms with E-state index in [4.69, 9.17) is 4.99 Å². The number of rotatable bonds is 10. The first-order valence-electron chi connectivity index (χ1n) is 18.0. The molecule has 0 atom stereocenters. The van der Waals surface area contributed by atoms with Crippen molar-refractivity contribution in [1.82, 2.24) is 0 Å². The summed E-state index contributed by atoms with van der Waals surface area (Å²) in [6.07, 6.45) is 1.85. The van der Waals surface area contributed by atoms with Crippen molar-refractivity contribution < 1.29 is 5.11 Å². The molecule has 2 heteroatoms. The Bertz CT molecular complexity index is 2160. The number of phenolic OH excluding ortho intramolecular Hbond substituents is 1. The Hall–Kier alpha value is -5.99. The molecule has 0 bridgehead atoms. The molecule has 0 aliphatic rings. The fourth-order valence-electron chi connectivity index (χ4n) is 7.81. The van der Waals surface area contributed by atoms with Gasteiger partial charge in [-0.3, -0.25) is 4.99 Å². The van der Waals surface area contributed by atoms with E-state index in [0.717, 1.165) is 33.5 Å². The van der Waals surface area contributed by atoms with Gasteiger partial charge < -0.3 is 5.11 Å². The number of benzene rings is 7. The molecular formula is C50H45NO. The Labute approximate surface area is 308 Å². The average molecular weight is 676 g/mol. The van der Waals surface area contributed by atoms with Crippen LogP contribution in [0.4, 0.5) is 5.69 Å². The third kappa shape index (κ3) is 6.26. The maximum atomic E-state index is 12.2. The molecule has 0 saturated carbocycles. The molecule has 7 aromatic carbocycles. The van der Waals surface area contributed by atoms with Gasteiger partial charge in [0.2, 0.25) is 0 Å². The van der Waals surface area contributed by atoms with Gasteiger partial charge in [-0.1, -0.05) is 204 Å². The van der Waals surface area contributed by atoms with Crippen molar-refractivity contribution in [2.75, 3.05) is 0 Å². The minimum Gasteiger partial charge on any atom is -0.507 e. The topological polar surface area (TPSA) is 32.6 Å². The quantitative estimate of drug-likeness (QED) is 0.114. The highest BCUT2D eigenvalue weighted by Gasteiger charge is 2.38. The van der Waals surface area contributed by atoms with Crippen LogP contribution >= 0.6 is 0 Å². The summed E-state index contributed by atoms with van der Waals surface area (Å²) in [5.41, 5.74) is 9.10. The second-order valence-corrected chi connectivity index (χ2v) is 14.6. The van der Waals surface area contributed by atoms with Gasteiger partial charge in [-0.15, -0.1) is 0 Å². The molecule has 1 N–H and O–H groups in total. The van der Waals surface area contributed by atoms with Crippen molar-refractivity contribution in [3.63, 3.8) is 0 Å². The van der Waals surface area contributed by atoms with Crippen LogP contribution in [-0.2, 0) is 16.2 Å². The number of phenols is 1. The van der Waals surface area contributed by atoms with Crippen LogP contribution in [0.25, 0.3) is 0 Å². The van der Waals surface area contributed by atoms with Gasteiger partial charge in [0, 0.05) is 28.2 Å². The van der Waals surface area contributed by atoms with Gasteiger partial charge in [-0.2, -0.15) is 0 Å². The summed E-state index contributed by atoms with van der Waals surface area (Å²) in [4.78, 5) is 5.06. The Kier molecular flexibility index (Phi) is 9.49. The summed E-state index contributed by atoms with van der Waals surface area (Å²) in [7, 11) is 0. The monoisotopic (exact) mass is 675 g/mol. The molecule has 0 heterocycles. The van der Waals surface area contributed by atoms with Gasteiger partial charge in [-0.05, 0) is 51.1 Å². The van der Waals surface area contributed by atoms with Gasteiger partial charge in [0.05, 0.1) is 11.1 Å². The highest BCUT2D eigenvalue weighted by atomic mass is 16.3. The summed E-state index contributed by atoms with van der Waals surface area (Å²) in [6.45, 7) is 8.75. The molecule has 0 unspecified atom stereocenters. The molecule has 0 fully saturated rings. The maximum absolute atomic E-state index is 12.2. The van der Waals surface area contributed by atoms with Crippen LogP contribution in [0.5, 0.6) is 5.75 Å². The van der Waals surface area contributed by atoms with Gasteiger partial charge >= 0.3 is 0 Å². The predicted molar refractivity (Wildman–Crippen MR) is 217 cm³/mol. The summed E-state index contributed by atoms with van der Waals surface area (Å²) >= 11 is 0. The number of hydrogen-bond donors (Lipinski definition) is 1. The van der Waals surface area contributed by atoms with Crippen molar-refractivity contribution >= 4 is 11.9 Å². The van der Waals surface area contributed by atoms with E-state index < -0.39 is 10.8 Å². The molecule has 0 aliphatic carbocycles. The van der Waals surface area contributed by atoms with E-state index in [0.29, 0.717) is 0 Å². The fraction of sp³-hybridized carbons (Fsp3) is 0.140. The van der Waals surface area contributed by atoms with Crippen LogP contribution in [0.15, 0.2) is 193 Å². The van der Waals surface area contributed by atoms with Crippen molar-refractivity contribution in [2.45, 2.75) is 43.9 Å². The molecule has 0 saturated heterocycles. The Balaban J connectivity index is 1.36. The van der Waals surface area contributed by atoms with Crippen molar-refractivity contribution in [3.05, 3.63) is 238 Å². The van der Waals surface area contributed by atoms with Gasteiger partial charge in [0.25, 0.3) is 0 Å². The molecule has 7 aromatic rings. The standard InChI is InChI=1S/C50H45NO/c1-48(2,37-20-10-5-11-21-37)45-34-35-46(49(3,4)38-22-12-6-13-23-38)47(52)44(45)36-51-43-32-30-42(31-33-43)50(39-24-14-7-15-25-39,40-26-16-8-17-27-40)41-28-18-9-19-29-41/h5-36,52H,1-4H3. The van der Waals surface area contributed by atoms with Crippen molar-refractivity contribution in [3.8, 4) is 5.75 Å². The third-order valence-electron chi connectivity index (χ3n) is 10.8. The minimum atomic E-state index is -0.533. The molecule has 0 radical (unpaired) electrons. The third-order valence-corrected chi connectivity index (χ3v) is 10.8. The zero-order valence-corrected chi connectivity index (χ0v) is 30.4. The first-order chi connectivity index (χ1) is 25.2. The first-order valence-corrected chi connectivity index (χ1v) is 18.0. The lowest BCUT2D eigenvalue weighted by atomic mass is 9.65. The smallest absolute Gasteiger partial charge is 0.128 e. The Morgan fingerprint density at radius 1 is 0.385 bits per heavy atom. The molecule has 0 aromatic heterocycles. The second-order valence-electron chi connectivity index (χ2n) is 14.6. The number of nitrogens with zero attached hydrogens (tertiary/aromatic N) is 1. The summed E-state index contributed by atoms with van der Waals surface area (Å²) in [5.74, 6) is 0.256. The van der Waals surface area contributed by atoms with E-state index in [9.17, 15) is 5.11 Å². The highest BCUT2D eigenvalue weighted by molar-refractivity contribution is 5.89. The zero-order valence-electron chi connectivity index (χ0n) is 30.4. The molecule has 0 spiro atoms. The van der Waals surface area contributed by atoms with Crippen LogP contribution in [-0.4, -0.2) is 11.3 Å². The SMILES string of the molecule is CC(C)(c1ccccc1)c1ccc(C(C)(C)c2ccccc2)c(C=Nc2ccc(C(c3ccccc3)(c3ccccc3)c3ccccc3)cc2)c1O. The average Bonchev–Trinajstić information content (AvgIpc) is 3.20. The maximum Gasteiger partial charge on any atom is 0.128 e. The van der Waals surface area contributed by atoms with E-state index in [1.165, 1.54) is 22.3 Å². The second kappa shape index (κ2) is 14.3. The van der Waals surface area contributed by atoms with Crippen LogP contribution in [0, 0.1) is 0 Å². The summed E-state index contributed by atoms with van der Waals surface area (Å²) in [5, 5.41) is 12.2. The normalized spacial score (nSPS) is 12.2. The Morgan fingerprint density at radius 3 is 1.12 bits per heavy atom. The lowest BCUT2D eigenvalue weighted by molar-refractivity contribution is 0.449. The zero-order chi connectivity index (χ0) is 36.2. The molecule has 0 aliphatic heterocycles. The molecule has 256 valence electrons. The van der Waals surface area contributed by atoms with Crippen molar-refractivity contribution in [2.24, 2.45) is 4.99 Å². The first kappa shape index (κ1) is 34.5. The summed E-state index contributed by atoms with van der Waals surface area (Å²) in [6, 6.07) is 65.9. The largest absolute Gasteiger partial charge is 0.507 e. The van der Waals surface area contributed by atoms with E-state index in [1.54, 1.807) is 0 Å².